The molecule has 2 heterocycles. The van der Waals surface area contributed by atoms with Crippen LogP contribution in [-0.4, -0.2) is 25.9 Å². The number of hydrogen-bond acceptors (Lipinski definition) is 5. The number of aromatic nitrogens is 1. The lowest BCUT2D eigenvalue weighted by atomic mass is 10.1. The highest BCUT2D eigenvalue weighted by Gasteiger charge is 2.30. The third-order valence-electron chi connectivity index (χ3n) is 4.85. The van der Waals surface area contributed by atoms with Crippen molar-refractivity contribution in [1.29, 1.82) is 0 Å². The molecule has 0 atom stereocenters. The summed E-state index contributed by atoms with van der Waals surface area (Å²) in [4.78, 5) is 18.2. The molecule has 0 saturated carbocycles. The van der Waals surface area contributed by atoms with Crippen LogP contribution >= 0.6 is 11.3 Å². The minimum atomic E-state index is -4.43. The Morgan fingerprint density at radius 3 is 2.55 bits per heavy atom. The Hall–Kier alpha value is -2.92. The SMILES string of the molecule is O=C(Cc1ccc(C(F)(F)F)cc1)N1CCc2cc(S(=O)(=O)Nc3nccs3)ccc21. The number of alkyl halides is 3. The molecule has 31 heavy (non-hydrogen) atoms. The number of carbonyl (C=O) groups is 1. The molecule has 0 unspecified atom stereocenters. The van der Waals surface area contributed by atoms with Gasteiger partial charge >= 0.3 is 6.18 Å². The lowest BCUT2D eigenvalue weighted by Crippen LogP contribution is -2.30. The Kier molecular flexibility index (Phi) is 5.48. The van der Waals surface area contributed by atoms with Crippen molar-refractivity contribution in [3.8, 4) is 0 Å². The number of benzene rings is 2. The Bertz CT molecular complexity index is 1210. The van der Waals surface area contributed by atoms with E-state index in [-0.39, 0.29) is 22.4 Å². The Morgan fingerprint density at radius 1 is 1.16 bits per heavy atom. The molecule has 0 fully saturated rings. The van der Waals surface area contributed by atoms with Crippen molar-refractivity contribution in [2.75, 3.05) is 16.2 Å². The molecule has 0 spiro atoms. The molecule has 1 aromatic heterocycles. The number of thiazole rings is 1. The quantitative estimate of drug-likeness (QED) is 0.613. The second kappa shape index (κ2) is 7.97. The first-order valence-electron chi connectivity index (χ1n) is 9.15. The number of hydrogen-bond donors (Lipinski definition) is 1. The van der Waals surface area contributed by atoms with E-state index in [0.29, 0.717) is 29.8 Å². The van der Waals surface area contributed by atoms with Crippen LogP contribution in [0.3, 0.4) is 0 Å². The molecule has 1 aliphatic heterocycles. The Morgan fingerprint density at radius 2 is 1.90 bits per heavy atom. The number of nitrogens with zero attached hydrogens (tertiary/aromatic N) is 2. The largest absolute Gasteiger partial charge is 0.416 e. The molecule has 162 valence electrons. The topological polar surface area (TPSA) is 79.4 Å². The lowest BCUT2D eigenvalue weighted by molar-refractivity contribution is -0.137. The fourth-order valence-corrected chi connectivity index (χ4v) is 5.17. The summed E-state index contributed by atoms with van der Waals surface area (Å²) >= 11 is 1.16. The fourth-order valence-electron chi connectivity index (χ4n) is 3.33. The van der Waals surface area contributed by atoms with Crippen LogP contribution < -0.4 is 9.62 Å². The van der Waals surface area contributed by atoms with E-state index < -0.39 is 21.8 Å². The van der Waals surface area contributed by atoms with Crippen LogP contribution in [0.4, 0.5) is 24.0 Å². The summed E-state index contributed by atoms with van der Waals surface area (Å²) in [5.41, 5.74) is 1.02. The average Bonchev–Trinajstić information content (AvgIpc) is 3.36. The molecule has 0 saturated heterocycles. The second-order valence-corrected chi connectivity index (χ2v) is 9.48. The van der Waals surface area contributed by atoms with Gasteiger partial charge in [-0.2, -0.15) is 13.2 Å². The number of halogens is 3. The van der Waals surface area contributed by atoms with Gasteiger partial charge in [0.25, 0.3) is 10.0 Å². The summed E-state index contributed by atoms with van der Waals surface area (Å²) in [6.07, 6.45) is -2.51. The summed E-state index contributed by atoms with van der Waals surface area (Å²) in [7, 11) is -3.80. The van der Waals surface area contributed by atoms with Crippen LogP contribution in [0.2, 0.25) is 0 Å². The van der Waals surface area contributed by atoms with Gasteiger partial charge in [-0.1, -0.05) is 12.1 Å². The molecule has 1 N–H and O–H groups in total. The van der Waals surface area contributed by atoms with E-state index >= 15 is 0 Å². The van der Waals surface area contributed by atoms with E-state index in [1.54, 1.807) is 11.4 Å². The normalized spacial score (nSPS) is 13.8. The first-order valence-corrected chi connectivity index (χ1v) is 11.5. The van der Waals surface area contributed by atoms with Crippen LogP contribution in [0.5, 0.6) is 0 Å². The molecule has 0 aliphatic carbocycles. The number of anilines is 2. The summed E-state index contributed by atoms with van der Waals surface area (Å²) in [5, 5.41) is 1.91. The third kappa shape index (κ3) is 4.57. The number of nitrogens with one attached hydrogen (secondary N) is 1. The van der Waals surface area contributed by atoms with Gasteiger partial charge in [0.15, 0.2) is 5.13 Å². The van der Waals surface area contributed by atoms with E-state index in [9.17, 15) is 26.4 Å². The van der Waals surface area contributed by atoms with E-state index in [1.165, 1.54) is 35.4 Å². The zero-order chi connectivity index (χ0) is 22.2. The minimum absolute atomic E-state index is 0.0524. The summed E-state index contributed by atoms with van der Waals surface area (Å²) < 4.78 is 65.6. The summed E-state index contributed by atoms with van der Waals surface area (Å²) in [5.74, 6) is -0.268. The van der Waals surface area contributed by atoms with Crippen molar-refractivity contribution in [2.24, 2.45) is 0 Å². The minimum Gasteiger partial charge on any atom is -0.312 e. The van der Waals surface area contributed by atoms with Crippen molar-refractivity contribution >= 4 is 38.1 Å². The van der Waals surface area contributed by atoms with Crippen molar-refractivity contribution in [1.82, 2.24) is 4.98 Å². The van der Waals surface area contributed by atoms with Gasteiger partial charge in [0.2, 0.25) is 5.91 Å². The molecule has 2 aromatic carbocycles. The van der Waals surface area contributed by atoms with Gasteiger partial charge in [0.1, 0.15) is 0 Å². The maximum Gasteiger partial charge on any atom is 0.416 e. The zero-order valence-electron chi connectivity index (χ0n) is 15.9. The molecular formula is C20H16F3N3O3S2. The van der Waals surface area contributed by atoms with E-state index in [2.05, 4.69) is 9.71 Å². The fraction of sp³-hybridized carbons (Fsp3) is 0.200. The highest BCUT2D eigenvalue weighted by atomic mass is 32.2. The molecule has 6 nitrogen and oxygen atoms in total. The van der Waals surface area contributed by atoms with Crippen molar-refractivity contribution in [2.45, 2.75) is 23.9 Å². The molecule has 4 rings (SSSR count). The van der Waals surface area contributed by atoms with Gasteiger partial charge in [-0.05, 0) is 47.9 Å². The molecule has 3 aromatic rings. The Balaban J connectivity index is 1.49. The number of fused-ring (bicyclic) bond motifs is 1. The van der Waals surface area contributed by atoms with Crippen molar-refractivity contribution < 1.29 is 26.4 Å². The number of rotatable bonds is 5. The Labute approximate surface area is 180 Å². The molecule has 0 radical (unpaired) electrons. The number of sulfonamides is 1. The predicted molar refractivity (Wildman–Crippen MR) is 111 cm³/mol. The van der Waals surface area contributed by atoms with Crippen LogP contribution in [0.15, 0.2) is 58.9 Å². The van der Waals surface area contributed by atoms with Gasteiger partial charge < -0.3 is 4.90 Å². The van der Waals surface area contributed by atoms with Crippen LogP contribution in [0, 0.1) is 0 Å². The van der Waals surface area contributed by atoms with Gasteiger partial charge in [-0.3, -0.25) is 9.52 Å². The summed E-state index contributed by atoms with van der Waals surface area (Å²) in [6.45, 7) is 0.373. The van der Waals surface area contributed by atoms with Gasteiger partial charge in [-0.25, -0.2) is 13.4 Å². The van der Waals surface area contributed by atoms with Gasteiger partial charge in [0.05, 0.1) is 16.9 Å². The molecule has 1 aliphatic rings. The van der Waals surface area contributed by atoms with Gasteiger partial charge in [0, 0.05) is 23.8 Å². The highest BCUT2D eigenvalue weighted by Crippen LogP contribution is 2.32. The van der Waals surface area contributed by atoms with E-state index in [1.807, 2.05) is 0 Å². The predicted octanol–water partition coefficient (Wildman–Crippen LogP) is 4.09. The molecule has 11 heteroatoms. The number of carbonyl (C=O) groups excluding carboxylic acids is 1. The lowest BCUT2D eigenvalue weighted by Gasteiger charge is -2.18. The van der Waals surface area contributed by atoms with Crippen molar-refractivity contribution in [3.05, 3.63) is 70.7 Å². The highest BCUT2D eigenvalue weighted by molar-refractivity contribution is 7.93. The maximum absolute atomic E-state index is 12.7. The number of amides is 1. The maximum atomic E-state index is 12.7. The molecular weight excluding hydrogens is 451 g/mol. The van der Waals surface area contributed by atoms with Crippen LogP contribution in [0.25, 0.3) is 0 Å². The average molecular weight is 467 g/mol. The molecule has 0 bridgehead atoms. The summed E-state index contributed by atoms with van der Waals surface area (Å²) in [6, 6.07) is 8.99. The first-order chi connectivity index (χ1) is 14.6. The van der Waals surface area contributed by atoms with Crippen LogP contribution in [0.1, 0.15) is 16.7 Å². The van der Waals surface area contributed by atoms with Crippen molar-refractivity contribution in [3.63, 3.8) is 0 Å². The van der Waals surface area contributed by atoms with E-state index in [4.69, 9.17) is 0 Å². The van der Waals surface area contributed by atoms with E-state index in [0.717, 1.165) is 23.5 Å². The third-order valence-corrected chi connectivity index (χ3v) is 7.00. The zero-order valence-corrected chi connectivity index (χ0v) is 17.5. The van der Waals surface area contributed by atoms with Crippen LogP contribution in [-0.2, 0) is 33.8 Å². The first kappa shape index (κ1) is 21.3. The molecule has 1 amide bonds. The second-order valence-electron chi connectivity index (χ2n) is 6.90. The standard InChI is InChI=1S/C20H16F3N3O3S2/c21-20(22,23)15-3-1-13(2-4-15)11-18(27)26-9-7-14-12-16(5-6-17(14)26)31(28,29)25-19-24-8-10-30-19/h1-6,8,10,12H,7,9,11H2,(H,24,25). The monoisotopic (exact) mass is 467 g/mol. The smallest absolute Gasteiger partial charge is 0.312 e. The van der Waals surface area contributed by atoms with Gasteiger partial charge in [-0.15, -0.1) is 11.3 Å².